The van der Waals surface area contributed by atoms with Crippen LogP contribution in [0.25, 0.3) is 0 Å². The second-order valence-electron chi connectivity index (χ2n) is 4.07. The van der Waals surface area contributed by atoms with Crippen LogP contribution in [-0.4, -0.2) is 5.11 Å². The maximum atomic E-state index is 10.6. The van der Waals surface area contributed by atoms with Gasteiger partial charge in [-0.15, -0.1) is 0 Å². The fourth-order valence-electron chi connectivity index (χ4n) is 1.84. The Morgan fingerprint density at radius 1 is 0.941 bits per heavy atom. The molecule has 0 aliphatic rings. The molecule has 0 amide bonds. The van der Waals surface area contributed by atoms with Crippen molar-refractivity contribution in [1.29, 1.82) is 0 Å². The first kappa shape index (κ1) is 11.7. The molecule has 1 atom stereocenters. The second-order valence-corrected chi connectivity index (χ2v) is 4.07. The van der Waals surface area contributed by atoms with E-state index in [1.807, 2.05) is 67.6 Å². The first-order valence-corrected chi connectivity index (χ1v) is 5.86. The van der Waals surface area contributed by atoms with Crippen LogP contribution in [0.5, 0.6) is 0 Å². The molecule has 2 N–H and O–H groups in total. The van der Waals surface area contributed by atoms with E-state index in [0.717, 1.165) is 11.3 Å². The van der Waals surface area contributed by atoms with Gasteiger partial charge in [0, 0.05) is 11.3 Å². The maximum absolute atomic E-state index is 10.6. The van der Waals surface area contributed by atoms with Crippen LogP contribution >= 0.6 is 0 Å². The second kappa shape index (κ2) is 5.02. The van der Waals surface area contributed by atoms with Gasteiger partial charge in [-0.05, 0) is 18.6 Å². The Morgan fingerprint density at radius 2 is 1.47 bits per heavy atom. The first-order chi connectivity index (χ1) is 8.24. The molecule has 0 saturated carbocycles. The van der Waals surface area contributed by atoms with Gasteiger partial charge in [0.1, 0.15) is 0 Å². The Labute approximate surface area is 102 Å². The van der Waals surface area contributed by atoms with E-state index in [1.54, 1.807) is 0 Å². The highest BCUT2D eigenvalue weighted by atomic mass is 16.3. The minimum absolute atomic E-state index is 0.603. The summed E-state index contributed by atoms with van der Waals surface area (Å²) in [7, 11) is 0. The topological polar surface area (TPSA) is 32.3 Å². The molecule has 0 spiro atoms. The van der Waals surface area contributed by atoms with Gasteiger partial charge >= 0.3 is 0 Å². The van der Waals surface area contributed by atoms with E-state index in [4.69, 9.17) is 0 Å². The van der Waals surface area contributed by atoms with Gasteiger partial charge in [0.25, 0.3) is 0 Å². The minimum atomic E-state index is -1.01. The largest absolute Gasteiger partial charge is 0.367 e. The molecule has 0 fully saturated rings. The number of anilines is 1. The van der Waals surface area contributed by atoms with E-state index < -0.39 is 5.72 Å². The Morgan fingerprint density at radius 3 is 2.00 bits per heavy atom. The summed E-state index contributed by atoms with van der Waals surface area (Å²) in [6.45, 7) is 1.96. The molecule has 0 aromatic heterocycles. The molecule has 2 heteroatoms. The molecule has 0 aliphatic carbocycles. The van der Waals surface area contributed by atoms with E-state index in [0.29, 0.717) is 6.42 Å². The molecule has 2 rings (SSSR count). The number of benzene rings is 2. The lowest BCUT2D eigenvalue weighted by Gasteiger charge is -2.29. The predicted octanol–water partition coefficient (Wildman–Crippen LogP) is 3.35. The van der Waals surface area contributed by atoms with Crippen molar-refractivity contribution in [2.45, 2.75) is 19.1 Å². The zero-order valence-electron chi connectivity index (χ0n) is 9.93. The zero-order chi connectivity index (χ0) is 12.1. The van der Waals surface area contributed by atoms with Gasteiger partial charge in [0.05, 0.1) is 0 Å². The van der Waals surface area contributed by atoms with Crippen molar-refractivity contribution in [1.82, 2.24) is 0 Å². The van der Waals surface area contributed by atoms with Crippen LogP contribution in [0.4, 0.5) is 5.69 Å². The molecule has 0 aliphatic heterocycles. The van der Waals surface area contributed by atoms with Gasteiger partial charge < -0.3 is 10.4 Å². The quantitative estimate of drug-likeness (QED) is 0.785. The fraction of sp³-hybridized carbons (Fsp3) is 0.200. The van der Waals surface area contributed by atoms with E-state index >= 15 is 0 Å². The molecule has 17 heavy (non-hydrogen) atoms. The minimum Gasteiger partial charge on any atom is -0.367 e. The van der Waals surface area contributed by atoms with Crippen LogP contribution in [0.3, 0.4) is 0 Å². The van der Waals surface area contributed by atoms with Crippen LogP contribution in [0, 0.1) is 0 Å². The molecular weight excluding hydrogens is 210 g/mol. The number of hydrogen-bond acceptors (Lipinski definition) is 2. The average molecular weight is 227 g/mol. The number of para-hydroxylation sites is 1. The summed E-state index contributed by atoms with van der Waals surface area (Å²) in [5.41, 5.74) is 0.787. The maximum Gasteiger partial charge on any atom is 0.161 e. The van der Waals surface area contributed by atoms with Gasteiger partial charge in [0.15, 0.2) is 5.72 Å². The van der Waals surface area contributed by atoms with Gasteiger partial charge in [-0.3, -0.25) is 0 Å². The van der Waals surface area contributed by atoms with Crippen molar-refractivity contribution in [3.8, 4) is 0 Å². The summed E-state index contributed by atoms with van der Waals surface area (Å²) in [5, 5.41) is 13.8. The highest BCUT2D eigenvalue weighted by Gasteiger charge is 2.26. The Balaban J connectivity index is 2.27. The molecule has 0 radical (unpaired) electrons. The third kappa shape index (κ3) is 2.66. The molecule has 0 saturated heterocycles. The van der Waals surface area contributed by atoms with Gasteiger partial charge in [-0.2, -0.15) is 0 Å². The first-order valence-electron chi connectivity index (χ1n) is 5.86. The van der Waals surface area contributed by atoms with Crippen LogP contribution in [0.2, 0.25) is 0 Å². The molecular formula is C15H17NO. The highest BCUT2D eigenvalue weighted by Crippen LogP contribution is 2.26. The number of hydrogen-bond donors (Lipinski definition) is 2. The SMILES string of the molecule is CCC(O)(Nc1ccccc1)c1ccccc1. The van der Waals surface area contributed by atoms with Crippen LogP contribution < -0.4 is 5.32 Å². The lowest BCUT2D eigenvalue weighted by molar-refractivity contribution is 0.0632. The van der Waals surface area contributed by atoms with Crippen molar-refractivity contribution >= 4 is 5.69 Å². The molecule has 2 aromatic rings. The summed E-state index contributed by atoms with van der Waals surface area (Å²) in [6.07, 6.45) is 0.603. The molecule has 0 heterocycles. The Kier molecular flexibility index (Phi) is 3.45. The van der Waals surface area contributed by atoms with Crippen molar-refractivity contribution in [2.75, 3.05) is 5.32 Å². The van der Waals surface area contributed by atoms with Gasteiger partial charge in [-0.25, -0.2) is 0 Å². The van der Waals surface area contributed by atoms with Gasteiger partial charge in [-0.1, -0.05) is 55.5 Å². The summed E-state index contributed by atoms with van der Waals surface area (Å²) >= 11 is 0. The van der Waals surface area contributed by atoms with Crippen LogP contribution in [-0.2, 0) is 5.72 Å². The smallest absolute Gasteiger partial charge is 0.161 e. The summed E-state index contributed by atoms with van der Waals surface area (Å²) in [6, 6.07) is 19.4. The average Bonchev–Trinajstić information content (AvgIpc) is 2.41. The molecule has 2 aromatic carbocycles. The van der Waals surface area contributed by atoms with Crippen LogP contribution in [0.15, 0.2) is 60.7 Å². The van der Waals surface area contributed by atoms with Crippen molar-refractivity contribution in [3.05, 3.63) is 66.2 Å². The molecule has 2 nitrogen and oxygen atoms in total. The van der Waals surface area contributed by atoms with Crippen LogP contribution in [0.1, 0.15) is 18.9 Å². The Hall–Kier alpha value is -1.80. The monoisotopic (exact) mass is 227 g/mol. The Bertz CT molecular complexity index is 455. The molecule has 88 valence electrons. The van der Waals surface area contributed by atoms with E-state index in [1.165, 1.54) is 0 Å². The standard InChI is InChI=1S/C15H17NO/c1-2-15(17,13-9-5-3-6-10-13)16-14-11-7-4-8-12-14/h3-12,16-17H,2H2,1H3. The normalized spacial score (nSPS) is 14.0. The van der Waals surface area contributed by atoms with Crippen molar-refractivity contribution in [3.63, 3.8) is 0 Å². The van der Waals surface area contributed by atoms with Crippen molar-refractivity contribution in [2.24, 2.45) is 0 Å². The zero-order valence-corrected chi connectivity index (χ0v) is 9.93. The predicted molar refractivity (Wildman–Crippen MR) is 70.7 cm³/mol. The number of aliphatic hydroxyl groups is 1. The highest BCUT2D eigenvalue weighted by molar-refractivity contribution is 5.46. The van der Waals surface area contributed by atoms with E-state index in [2.05, 4.69) is 5.32 Å². The van der Waals surface area contributed by atoms with Crippen molar-refractivity contribution < 1.29 is 5.11 Å². The number of nitrogens with one attached hydrogen (secondary N) is 1. The molecule has 1 unspecified atom stereocenters. The van der Waals surface area contributed by atoms with Gasteiger partial charge in [0.2, 0.25) is 0 Å². The fourth-order valence-corrected chi connectivity index (χ4v) is 1.84. The third-order valence-electron chi connectivity index (χ3n) is 2.89. The summed E-state index contributed by atoms with van der Waals surface area (Å²) in [5.74, 6) is 0. The third-order valence-corrected chi connectivity index (χ3v) is 2.89. The summed E-state index contributed by atoms with van der Waals surface area (Å²) in [4.78, 5) is 0. The van der Waals surface area contributed by atoms with E-state index in [9.17, 15) is 5.11 Å². The lowest BCUT2D eigenvalue weighted by Crippen LogP contribution is -2.34. The lowest BCUT2D eigenvalue weighted by atomic mass is 10.00. The number of rotatable bonds is 4. The molecule has 0 bridgehead atoms. The van der Waals surface area contributed by atoms with E-state index in [-0.39, 0.29) is 0 Å². The summed E-state index contributed by atoms with van der Waals surface area (Å²) < 4.78 is 0.